The molecule has 31 heavy (non-hydrogen) atoms. The highest BCUT2D eigenvalue weighted by atomic mass is 35.5. The first-order valence-corrected chi connectivity index (χ1v) is 10.9. The topological polar surface area (TPSA) is 42.0 Å². The van der Waals surface area contributed by atoms with E-state index in [0.29, 0.717) is 15.6 Å². The molecule has 156 valence electrons. The molecule has 0 fully saturated rings. The van der Waals surface area contributed by atoms with E-state index in [2.05, 4.69) is 10.3 Å². The number of hydrogen-bond acceptors (Lipinski definition) is 2. The Hall–Kier alpha value is -2.88. The van der Waals surface area contributed by atoms with Crippen molar-refractivity contribution in [1.82, 2.24) is 10.3 Å². The zero-order valence-corrected chi connectivity index (χ0v) is 18.6. The van der Waals surface area contributed by atoms with E-state index >= 15 is 0 Å². The van der Waals surface area contributed by atoms with Crippen LogP contribution in [0.3, 0.4) is 0 Å². The molecule has 4 rings (SSSR count). The van der Waals surface area contributed by atoms with E-state index in [-0.39, 0.29) is 17.9 Å². The van der Waals surface area contributed by atoms with Gasteiger partial charge in [-0.15, -0.1) is 0 Å². The Balaban J connectivity index is 1.61. The van der Waals surface area contributed by atoms with Crippen LogP contribution in [0.15, 0.2) is 85.1 Å². The van der Waals surface area contributed by atoms with Gasteiger partial charge in [0.05, 0.1) is 5.52 Å². The van der Waals surface area contributed by atoms with E-state index in [0.717, 1.165) is 28.5 Å². The zero-order valence-electron chi connectivity index (χ0n) is 17.1. The summed E-state index contributed by atoms with van der Waals surface area (Å²) in [5, 5.41) is 5.45. The monoisotopic (exact) mass is 448 g/mol. The van der Waals surface area contributed by atoms with Crippen LogP contribution in [0.1, 0.15) is 34.3 Å². The highest BCUT2D eigenvalue weighted by Gasteiger charge is 2.23. The molecule has 0 aliphatic rings. The summed E-state index contributed by atoms with van der Waals surface area (Å²) in [6.07, 6.45) is 2.49. The van der Waals surface area contributed by atoms with Crippen LogP contribution in [-0.4, -0.2) is 16.9 Å². The van der Waals surface area contributed by atoms with E-state index in [9.17, 15) is 4.79 Å². The lowest BCUT2D eigenvalue weighted by molar-refractivity contribution is 0.0936. The maximum Gasteiger partial charge on any atom is 0.252 e. The third kappa shape index (κ3) is 5.07. The lowest BCUT2D eigenvalue weighted by atomic mass is 9.86. The van der Waals surface area contributed by atoms with Crippen LogP contribution in [0.5, 0.6) is 0 Å². The van der Waals surface area contributed by atoms with Crippen LogP contribution in [0.2, 0.25) is 10.0 Å². The second kappa shape index (κ2) is 9.51. The van der Waals surface area contributed by atoms with E-state index in [1.807, 2.05) is 85.8 Å². The van der Waals surface area contributed by atoms with Crippen LogP contribution in [-0.2, 0) is 6.42 Å². The Morgan fingerprint density at radius 1 is 0.903 bits per heavy atom. The van der Waals surface area contributed by atoms with Crippen molar-refractivity contribution in [2.24, 2.45) is 0 Å². The Morgan fingerprint density at radius 3 is 2.29 bits per heavy atom. The fraction of sp³-hybridized carbons (Fsp3) is 0.154. The smallest absolute Gasteiger partial charge is 0.252 e. The minimum absolute atomic E-state index is 0.0653. The summed E-state index contributed by atoms with van der Waals surface area (Å²) < 4.78 is 0. The van der Waals surface area contributed by atoms with Crippen LogP contribution in [0, 0.1) is 0 Å². The number of carbonyl (C=O) groups is 1. The molecule has 0 aliphatic heterocycles. The van der Waals surface area contributed by atoms with Gasteiger partial charge >= 0.3 is 0 Å². The SMILES string of the molecule is C[C@@H](NC(=O)c1cccc2ncccc12)[C@H](Cc1ccc(Cl)cc1)c1ccc(Cl)cc1. The third-order valence-electron chi connectivity index (χ3n) is 5.52. The van der Waals surface area contributed by atoms with Crippen molar-refractivity contribution in [2.45, 2.75) is 25.3 Å². The molecule has 2 atom stereocenters. The van der Waals surface area contributed by atoms with Crippen molar-refractivity contribution in [3.8, 4) is 0 Å². The first-order valence-electron chi connectivity index (χ1n) is 10.2. The van der Waals surface area contributed by atoms with Gasteiger partial charge in [0.15, 0.2) is 0 Å². The van der Waals surface area contributed by atoms with E-state index in [1.54, 1.807) is 6.20 Å². The lowest BCUT2D eigenvalue weighted by Gasteiger charge is -2.26. The van der Waals surface area contributed by atoms with Gasteiger partial charge in [0.2, 0.25) is 0 Å². The van der Waals surface area contributed by atoms with E-state index < -0.39 is 0 Å². The summed E-state index contributed by atoms with van der Waals surface area (Å²) in [7, 11) is 0. The van der Waals surface area contributed by atoms with Crippen molar-refractivity contribution >= 4 is 40.0 Å². The summed E-state index contributed by atoms with van der Waals surface area (Å²) >= 11 is 12.2. The Kier molecular flexibility index (Phi) is 6.55. The average Bonchev–Trinajstić information content (AvgIpc) is 2.79. The van der Waals surface area contributed by atoms with Crippen molar-refractivity contribution in [2.75, 3.05) is 0 Å². The van der Waals surface area contributed by atoms with Gasteiger partial charge in [0.25, 0.3) is 5.91 Å². The zero-order chi connectivity index (χ0) is 21.8. The van der Waals surface area contributed by atoms with Gasteiger partial charge in [-0.1, -0.05) is 59.6 Å². The maximum atomic E-state index is 13.2. The van der Waals surface area contributed by atoms with Crippen LogP contribution in [0.25, 0.3) is 10.9 Å². The molecule has 4 aromatic rings. The molecule has 0 spiro atoms. The Bertz CT molecular complexity index is 1180. The van der Waals surface area contributed by atoms with Gasteiger partial charge in [-0.2, -0.15) is 0 Å². The third-order valence-corrected chi connectivity index (χ3v) is 6.02. The molecule has 1 heterocycles. The number of aromatic nitrogens is 1. The molecule has 0 saturated heterocycles. The summed E-state index contributed by atoms with van der Waals surface area (Å²) in [4.78, 5) is 17.5. The number of halogens is 2. The molecule has 1 N–H and O–H groups in total. The maximum absolute atomic E-state index is 13.2. The number of nitrogens with zero attached hydrogens (tertiary/aromatic N) is 1. The number of rotatable bonds is 6. The minimum atomic E-state index is -0.115. The molecule has 1 aromatic heterocycles. The summed E-state index contributed by atoms with van der Waals surface area (Å²) in [5.74, 6) is -0.0448. The lowest BCUT2D eigenvalue weighted by Crippen LogP contribution is -2.38. The molecule has 0 unspecified atom stereocenters. The normalized spacial score (nSPS) is 13.0. The number of amides is 1. The van der Waals surface area contributed by atoms with Gasteiger partial charge in [0, 0.05) is 39.2 Å². The number of benzene rings is 3. The van der Waals surface area contributed by atoms with Crippen LogP contribution < -0.4 is 5.32 Å². The fourth-order valence-electron chi connectivity index (χ4n) is 3.85. The van der Waals surface area contributed by atoms with Gasteiger partial charge in [-0.05, 0) is 66.9 Å². The average molecular weight is 449 g/mol. The molecule has 0 bridgehead atoms. The first kappa shape index (κ1) is 21.4. The molecular formula is C26H22Cl2N2O. The fourth-order valence-corrected chi connectivity index (χ4v) is 4.11. The number of fused-ring (bicyclic) bond motifs is 1. The van der Waals surface area contributed by atoms with Crippen LogP contribution >= 0.6 is 23.2 Å². The Morgan fingerprint density at radius 2 is 1.58 bits per heavy atom. The molecule has 5 heteroatoms. The number of hydrogen-bond donors (Lipinski definition) is 1. The standard InChI is InChI=1S/C26H22Cl2N2O/c1-17(30-26(31)23-4-2-6-25-22(23)5-3-15-29-25)24(19-9-13-21(28)14-10-19)16-18-7-11-20(27)12-8-18/h2-15,17,24H,16H2,1H3,(H,30,31)/t17-,24+/m1/s1. The van der Waals surface area contributed by atoms with Crippen molar-refractivity contribution in [3.63, 3.8) is 0 Å². The molecule has 0 radical (unpaired) electrons. The molecular weight excluding hydrogens is 427 g/mol. The molecule has 0 aliphatic carbocycles. The van der Waals surface area contributed by atoms with Gasteiger partial charge in [0.1, 0.15) is 0 Å². The molecule has 0 saturated carbocycles. The summed E-state index contributed by atoms with van der Waals surface area (Å²) in [6, 6.07) is 24.9. The van der Waals surface area contributed by atoms with Crippen LogP contribution in [0.4, 0.5) is 0 Å². The number of carbonyl (C=O) groups excluding carboxylic acids is 1. The minimum Gasteiger partial charge on any atom is -0.349 e. The molecule has 1 amide bonds. The van der Waals surface area contributed by atoms with E-state index in [1.165, 1.54) is 0 Å². The highest BCUT2D eigenvalue weighted by Crippen LogP contribution is 2.27. The largest absolute Gasteiger partial charge is 0.349 e. The predicted octanol–water partition coefficient (Wildman–Crippen LogP) is 6.69. The van der Waals surface area contributed by atoms with Crippen molar-refractivity contribution in [1.29, 1.82) is 0 Å². The van der Waals surface area contributed by atoms with E-state index in [4.69, 9.17) is 23.2 Å². The summed E-state index contributed by atoms with van der Waals surface area (Å²) in [5.41, 5.74) is 3.70. The van der Waals surface area contributed by atoms with Crippen molar-refractivity contribution in [3.05, 3.63) is 112 Å². The van der Waals surface area contributed by atoms with Gasteiger partial charge < -0.3 is 5.32 Å². The molecule has 3 aromatic carbocycles. The predicted molar refractivity (Wildman–Crippen MR) is 128 cm³/mol. The Labute approximate surface area is 192 Å². The first-order chi connectivity index (χ1) is 15.0. The second-order valence-corrected chi connectivity index (χ2v) is 8.50. The van der Waals surface area contributed by atoms with Crippen molar-refractivity contribution < 1.29 is 4.79 Å². The van der Waals surface area contributed by atoms with Gasteiger partial charge in [-0.25, -0.2) is 0 Å². The highest BCUT2D eigenvalue weighted by molar-refractivity contribution is 6.30. The molecule has 3 nitrogen and oxygen atoms in total. The quantitative estimate of drug-likeness (QED) is 0.357. The number of pyridine rings is 1. The number of nitrogens with one attached hydrogen (secondary N) is 1. The summed E-state index contributed by atoms with van der Waals surface area (Å²) in [6.45, 7) is 2.04. The van der Waals surface area contributed by atoms with Gasteiger partial charge in [-0.3, -0.25) is 9.78 Å². The second-order valence-electron chi connectivity index (χ2n) is 7.63.